The average Bonchev–Trinajstić information content (AvgIpc) is 2.55. The maximum Gasteiger partial charge on any atom is 0.191 e. The van der Waals surface area contributed by atoms with Gasteiger partial charge in [0, 0.05) is 33.2 Å². The van der Waals surface area contributed by atoms with Crippen LogP contribution in [0.1, 0.15) is 24.0 Å². The molecule has 2 rings (SSSR count). The molecule has 6 heteroatoms. The van der Waals surface area contributed by atoms with Crippen LogP contribution >= 0.6 is 24.0 Å². The number of aliphatic imine (C=N–C) groups is 1. The molecule has 1 aromatic rings. The third-order valence-corrected chi connectivity index (χ3v) is 4.25. The molecule has 24 heavy (non-hydrogen) atoms. The van der Waals surface area contributed by atoms with E-state index in [1.807, 2.05) is 0 Å². The van der Waals surface area contributed by atoms with Gasteiger partial charge in [-0.05, 0) is 25.5 Å². The zero-order chi connectivity index (χ0) is 16.7. The molecule has 0 bridgehead atoms. The lowest BCUT2D eigenvalue weighted by Gasteiger charge is -2.30. The molecule has 0 aliphatic carbocycles. The number of hydrogen-bond acceptors (Lipinski definition) is 3. The summed E-state index contributed by atoms with van der Waals surface area (Å²) in [6.45, 7) is 8.78. The molecule has 2 unspecified atom stereocenters. The Morgan fingerprint density at radius 1 is 1.42 bits per heavy atom. The minimum Gasteiger partial charge on any atom is -0.374 e. The Hall–Kier alpha value is -0.860. The molecule has 1 aliphatic heterocycles. The van der Waals surface area contributed by atoms with Crippen LogP contribution in [-0.4, -0.2) is 63.8 Å². The zero-order valence-electron chi connectivity index (χ0n) is 15.2. The second kappa shape index (κ2) is 10.9. The SMILES string of the molecule is CN=C(NCC1CN(C)CCO1)NCC(C)c1cccc(C)c1.I. The van der Waals surface area contributed by atoms with E-state index in [1.165, 1.54) is 11.1 Å². The standard InChI is InChI=1S/C18H30N4O.HI/c1-14-6-5-7-16(10-14)15(2)11-20-18(19-3)21-12-17-13-22(4)8-9-23-17;/h5-7,10,15,17H,8-9,11-13H2,1-4H3,(H2,19,20,21);1H. The molecule has 2 atom stereocenters. The van der Waals surface area contributed by atoms with Crippen LogP contribution in [0.15, 0.2) is 29.3 Å². The summed E-state index contributed by atoms with van der Waals surface area (Å²) < 4.78 is 5.76. The minimum atomic E-state index is 0. The fourth-order valence-electron chi connectivity index (χ4n) is 2.77. The molecule has 1 saturated heterocycles. The Morgan fingerprint density at radius 2 is 2.21 bits per heavy atom. The maximum absolute atomic E-state index is 5.76. The van der Waals surface area contributed by atoms with Gasteiger partial charge in [0.25, 0.3) is 0 Å². The van der Waals surface area contributed by atoms with Crippen LogP contribution < -0.4 is 10.6 Å². The number of hydrogen-bond donors (Lipinski definition) is 2. The molecule has 0 spiro atoms. The van der Waals surface area contributed by atoms with Crippen LogP contribution in [0.4, 0.5) is 0 Å². The molecule has 1 fully saturated rings. The van der Waals surface area contributed by atoms with E-state index in [9.17, 15) is 0 Å². The van der Waals surface area contributed by atoms with Crippen LogP contribution in [0.2, 0.25) is 0 Å². The van der Waals surface area contributed by atoms with Crippen molar-refractivity contribution in [3.63, 3.8) is 0 Å². The van der Waals surface area contributed by atoms with Gasteiger partial charge in [-0.1, -0.05) is 36.8 Å². The topological polar surface area (TPSA) is 48.9 Å². The Balaban J connectivity index is 0.00000288. The van der Waals surface area contributed by atoms with Crippen molar-refractivity contribution in [2.24, 2.45) is 4.99 Å². The predicted molar refractivity (Wildman–Crippen MR) is 112 cm³/mol. The third kappa shape index (κ3) is 6.94. The van der Waals surface area contributed by atoms with Crippen molar-refractivity contribution in [2.45, 2.75) is 25.9 Å². The summed E-state index contributed by atoms with van der Waals surface area (Å²) in [6.07, 6.45) is 0.224. The smallest absolute Gasteiger partial charge is 0.191 e. The van der Waals surface area contributed by atoms with E-state index < -0.39 is 0 Å². The molecular formula is C18H31IN4O. The summed E-state index contributed by atoms with van der Waals surface area (Å²) in [5.41, 5.74) is 2.65. The molecule has 1 heterocycles. The lowest BCUT2D eigenvalue weighted by atomic mass is 9.99. The second-order valence-corrected chi connectivity index (χ2v) is 6.40. The highest BCUT2D eigenvalue weighted by Gasteiger charge is 2.17. The first-order chi connectivity index (χ1) is 11.1. The highest BCUT2D eigenvalue weighted by molar-refractivity contribution is 14.0. The lowest BCUT2D eigenvalue weighted by molar-refractivity contribution is -0.0161. The number of guanidine groups is 1. The normalized spacial score (nSPS) is 20.2. The number of aryl methyl sites for hydroxylation is 1. The molecule has 0 radical (unpaired) electrons. The van der Waals surface area contributed by atoms with E-state index in [0.29, 0.717) is 5.92 Å². The molecule has 2 N–H and O–H groups in total. The first-order valence-corrected chi connectivity index (χ1v) is 8.39. The molecule has 0 aromatic heterocycles. The van der Waals surface area contributed by atoms with Crippen LogP contribution in [0.5, 0.6) is 0 Å². The number of nitrogens with zero attached hydrogens (tertiary/aromatic N) is 2. The van der Waals surface area contributed by atoms with Gasteiger partial charge in [-0.15, -0.1) is 24.0 Å². The number of ether oxygens (including phenoxy) is 1. The number of likely N-dealkylation sites (N-methyl/N-ethyl adjacent to an activating group) is 1. The lowest BCUT2D eigenvalue weighted by Crippen LogP contribution is -2.48. The number of benzene rings is 1. The Kier molecular flexibility index (Phi) is 9.61. The van der Waals surface area contributed by atoms with Gasteiger partial charge in [0.15, 0.2) is 5.96 Å². The van der Waals surface area contributed by atoms with Gasteiger partial charge in [-0.25, -0.2) is 0 Å². The monoisotopic (exact) mass is 446 g/mol. The highest BCUT2D eigenvalue weighted by atomic mass is 127. The molecule has 0 saturated carbocycles. The summed E-state index contributed by atoms with van der Waals surface area (Å²) >= 11 is 0. The Labute approximate surface area is 163 Å². The summed E-state index contributed by atoms with van der Waals surface area (Å²) in [5, 5.41) is 6.77. The summed E-state index contributed by atoms with van der Waals surface area (Å²) in [7, 11) is 3.94. The van der Waals surface area contributed by atoms with Crippen LogP contribution in [-0.2, 0) is 4.74 Å². The van der Waals surface area contributed by atoms with Gasteiger partial charge >= 0.3 is 0 Å². The summed E-state index contributed by atoms with van der Waals surface area (Å²) in [4.78, 5) is 6.60. The minimum absolute atomic E-state index is 0. The largest absolute Gasteiger partial charge is 0.374 e. The van der Waals surface area contributed by atoms with E-state index in [4.69, 9.17) is 4.74 Å². The van der Waals surface area contributed by atoms with Crippen molar-refractivity contribution in [3.05, 3.63) is 35.4 Å². The highest BCUT2D eigenvalue weighted by Crippen LogP contribution is 2.15. The first-order valence-electron chi connectivity index (χ1n) is 8.39. The van der Waals surface area contributed by atoms with E-state index in [1.54, 1.807) is 7.05 Å². The summed E-state index contributed by atoms with van der Waals surface area (Å²) in [5.74, 6) is 1.27. The van der Waals surface area contributed by atoms with Crippen LogP contribution in [0.25, 0.3) is 0 Å². The fourth-order valence-corrected chi connectivity index (χ4v) is 2.77. The quantitative estimate of drug-likeness (QED) is 0.414. The molecule has 5 nitrogen and oxygen atoms in total. The number of morpholine rings is 1. The van der Waals surface area contributed by atoms with Gasteiger partial charge in [0.2, 0.25) is 0 Å². The average molecular weight is 446 g/mol. The number of rotatable bonds is 5. The Bertz CT molecular complexity index is 523. The van der Waals surface area contributed by atoms with E-state index in [0.717, 1.165) is 38.7 Å². The van der Waals surface area contributed by atoms with Crippen LogP contribution in [0, 0.1) is 6.92 Å². The number of halogens is 1. The maximum atomic E-state index is 5.76. The second-order valence-electron chi connectivity index (χ2n) is 6.40. The van der Waals surface area contributed by atoms with Gasteiger partial charge in [-0.2, -0.15) is 0 Å². The predicted octanol–water partition coefficient (Wildman–Crippen LogP) is 2.21. The Morgan fingerprint density at radius 3 is 2.88 bits per heavy atom. The van der Waals surface area contributed by atoms with Crippen LogP contribution in [0.3, 0.4) is 0 Å². The van der Waals surface area contributed by atoms with Crippen molar-refractivity contribution in [1.82, 2.24) is 15.5 Å². The molecule has 136 valence electrons. The van der Waals surface area contributed by atoms with Gasteiger partial charge < -0.3 is 20.3 Å². The van der Waals surface area contributed by atoms with Crippen molar-refractivity contribution in [2.75, 3.05) is 46.9 Å². The van der Waals surface area contributed by atoms with E-state index >= 15 is 0 Å². The third-order valence-electron chi connectivity index (χ3n) is 4.25. The van der Waals surface area contributed by atoms with Crippen molar-refractivity contribution < 1.29 is 4.74 Å². The fraction of sp³-hybridized carbons (Fsp3) is 0.611. The van der Waals surface area contributed by atoms with Gasteiger partial charge in [-0.3, -0.25) is 4.99 Å². The van der Waals surface area contributed by atoms with Crippen molar-refractivity contribution >= 4 is 29.9 Å². The van der Waals surface area contributed by atoms with Gasteiger partial charge in [0.1, 0.15) is 0 Å². The van der Waals surface area contributed by atoms with Gasteiger partial charge in [0.05, 0.1) is 12.7 Å². The summed E-state index contributed by atoms with van der Waals surface area (Å²) in [6, 6.07) is 8.67. The zero-order valence-corrected chi connectivity index (χ0v) is 17.5. The molecule has 1 aliphatic rings. The van der Waals surface area contributed by atoms with E-state index in [-0.39, 0.29) is 30.1 Å². The molecule has 0 amide bonds. The molecular weight excluding hydrogens is 415 g/mol. The number of nitrogens with one attached hydrogen (secondary N) is 2. The molecule has 1 aromatic carbocycles. The van der Waals surface area contributed by atoms with Crippen molar-refractivity contribution in [3.8, 4) is 0 Å². The first kappa shape index (κ1) is 21.2. The van der Waals surface area contributed by atoms with E-state index in [2.05, 4.69) is 65.7 Å². The van der Waals surface area contributed by atoms with Crippen molar-refractivity contribution in [1.29, 1.82) is 0 Å².